The maximum Gasteiger partial charge on any atom is 0.573 e. The first kappa shape index (κ1) is 14.4. The zero-order valence-electron chi connectivity index (χ0n) is 10.6. The van der Waals surface area contributed by atoms with E-state index in [2.05, 4.69) is 9.72 Å². The van der Waals surface area contributed by atoms with Crippen molar-refractivity contribution in [1.29, 1.82) is 0 Å². The third-order valence-electron chi connectivity index (χ3n) is 2.80. The maximum absolute atomic E-state index is 12.3. The van der Waals surface area contributed by atoms with Gasteiger partial charge in [-0.25, -0.2) is 4.98 Å². The highest BCUT2D eigenvalue weighted by Crippen LogP contribution is 2.31. The van der Waals surface area contributed by atoms with Gasteiger partial charge in [0, 0.05) is 31.4 Å². The molecule has 0 saturated heterocycles. The van der Waals surface area contributed by atoms with E-state index >= 15 is 0 Å². The number of rotatable bonds is 4. The number of para-hydroxylation sites is 1. The lowest BCUT2D eigenvalue weighted by Gasteiger charge is -2.17. The molecule has 1 aromatic carbocycles. The van der Waals surface area contributed by atoms with Crippen LogP contribution in [0.4, 0.5) is 13.2 Å². The minimum absolute atomic E-state index is 0.0767. The van der Waals surface area contributed by atoms with Gasteiger partial charge in [-0.2, -0.15) is 0 Å². The number of aliphatic hydroxyl groups is 1. The van der Waals surface area contributed by atoms with E-state index in [1.807, 2.05) is 0 Å². The first-order valence-corrected chi connectivity index (χ1v) is 5.86. The normalized spacial score (nSPS) is 13.2. The average Bonchev–Trinajstić information content (AvgIpc) is 2.73. The smallest absolute Gasteiger partial charge is 0.405 e. The van der Waals surface area contributed by atoms with Crippen LogP contribution in [-0.4, -0.2) is 21.0 Å². The first-order chi connectivity index (χ1) is 9.37. The van der Waals surface area contributed by atoms with E-state index < -0.39 is 18.2 Å². The molecule has 20 heavy (non-hydrogen) atoms. The lowest BCUT2D eigenvalue weighted by Crippen LogP contribution is -2.19. The molecule has 0 saturated carbocycles. The van der Waals surface area contributed by atoms with Crippen molar-refractivity contribution in [2.75, 3.05) is 0 Å². The number of imidazole rings is 1. The standard InChI is InChI=1S/C13H13F3N2O2/c1-18-7-6-17-12(18)8-10(19)9-4-2-3-5-11(9)20-13(14,15)16/h2-7,10,19H,8H2,1H3. The number of ether oxygens (including phenoxy) is 1. The summed E-state index contributed by atoms with van der Waals surface area (Å²) in [4.78, 5) is 4.03. The van der Waals surface area contributed by atoms with E-state index in [0.29, 0.717) is 5.82 Å². The van der Waals surface area contributed by atoms with Gasteiger partial charge in [0.25, 0.3) is 0 Å². The van der Waals surface area contributed by atoms with Gasteiger partial charge in [0.15, 0.2) is 0 Å². The van der Waals surface area contributed by atoms with E-state index in [0.717, 1.165) is 0 Å². The monoisotopic (exact) mass is 286 g/mol. The number of aliphatic hydroxyl groups excluding tert-OH is 1. The Morgan fingerprint density at radius 3 is 2.65 bits per heavy atom. The number of benzene rings is 1. The second kappa shape index (κ2) is 5.54. The molecule has 1 unspecified atom stereocenters. The van der Waals surface area contributed by atoms with Crippen molar-refractivity contribution in [3.05, 3.63) is 48.0 Å². The number of aromatic nitrogens is 2. The van der Waals surface area contributed by atoms with Crippen molar-refractivity contribution in [2.24, 2.45) is 7.05 Å². The van der Waals surface area contributed by atoms with Crippen molar-refractivity contribution >= 4 is 0 Å². The Kier molecular flexibility index (Phi) is 3.99. The average molecular weight is 286 g/mol. The Hall–Kier alpha value is -2.02. The van der Waals surface area contributed by atoms with Crippen LogP contribution in [0.1, 0.15) is 17.5 Å². The van der Waals surface area contributed by atoms with Crippen LogP contribution in [0.25, 0.3) is 0 Å². The molecule has 108 valence electrons. The van der Waals surface area contributed by atoms with Crippen LogP contribution in [0.2, 0.25) is 0 Å². The summed E-state index contributed by atoms with van der Waals surface area (Å²) in [5.41, 5.74) is 0.0767. The fourth-order valence-electron chi connectivity index (χ4n) is 1.85. The lowest BCUT2D eigenvalue weighted by atomic mass is 10.1. The van der Waals surface area contributed by atoms with Crippen LogP contribution in [0.3, 0.4) is 0 Å². The molecule has 1 N–H and O–H groups in total. The van der Waals surface area contributed by atoms with Gasteiger partial charge in [0.2, 0.25) is 0 Å². The van der Waals surface area contributed by atoms with Crippen molar-refractivity contribution < 1.29 is 23.0 Å². The molecule has 2 aromatic rings. The Labute approximate surface area is 113 Å². The molecule has 0 spiro atoms. The molecule has 0 aliphatic heterocycles. The molecule has 0 amide bonds. The fraction of sp³-hybridized carbons (Fsp3) is 0.308. The van der Waals surface area contributed by atoms with E-state index in [4.69, 9.17) is 0 Å². The van der Waals surface area contributed by atoms with Gasteiger partial charge in [-0.05, 0) is 6.07 Å². The number of halogens is 3. The summed E-state index contributed by atoms with van der Waals surface area (Å²) in [7, 11) is 1.74. The summed E-state index contributed by atoms with van der Waals surface area (Å²) in [6, 6.07) is 5.53. The van der Waals surface area contributed by atoms with Gasteiger partial charge in [-0.3, -0.25) is 0 Å². The molecule has 4 nitrogen and oxygen atoms in total. The Balaban J connectivity index is 2.21. The highest BCUT2D eigenvalue weighted by Gasteiger charge is 2.32. The second-order valence-electron chi connectivity index (χ2n) is 4.26. The minimum atomic E-state index is -4.79. The van der Waals surface area contributed by atoms with Crippen LogP contribution in [0.5, 0.6) is 5.75 Å². The van der Waals surface area contributed by atoms with Crippen molar-refractivity contribution in [3.63, 3.8) is 0 Å². The maximum atomic E-state index is 12.3. The Morgan fingerprint density at radius 2 is 2.05 bits per heavy atom. The summed E-state index contributed by atoms with van der Waals surface area (Å²) >= 11 is 0. The zero-order valence-corrected chi connectivity index (χ0v) is 10.6. The summed E-state index contributed by atoms with van der Waals surface area (Å²) in [6.07, 6.45) is -2.57. The lowest BCUT2D eigenvalue weighted by molar-refractivity contribution is -0.275. The Bertz CT molecular complexity index is 581. The summed E-state index contributed by atoms with van der Waals surface area (Å²) in [6.45, 7) is 0. The zero-order chi connectivity index (χ0) is 14.8. The highest BCUT2D eigenvalue weighted by atomic mass is 19.4. The van der Waals surface area contributed by atoms with Crippen molar-refractivity contribution in [1.82, 2.24) is 9.55 Å². The quantitative estimate of drug-likeness (QED) is 0.939. The molecule has 1 heterocycles. The summed E-state index contributed by atoms with van der Waals surface area (Å²) in [5, 5.41) is 10.1. The largest absolute Gasteiger partial charge is 0.573 e. The number of alkyl halides is 3. The number of nitrogens with zero attached hydrogens (tertiary/aromatic N) is 2. The van der Waals surface area contributed by atoms with Crippen LogP contribution < -0.4 is 4.74 Å². The van der Waals surface area contributed by atoms with Crippen molar-refractivity contribution in [3.8, 4) is 5.75 Å². The van der Waals surface area contributed by atoms with Crippen LogP contribution in [0.15, 0.2) is 36.7 Å². The third kappa shape index (κ3) is 3.51. The van der Waals surface area contributed by atoms with E-state index in [1.165, 1.54) is 18.2 Å². The molecule has 0 aliphatic carbocycles. The molecule has 0 fully saturated rings. The van der Waals surface area contributed by atoms with Crippen LogP contribution >= 0.6 is 0 Å². The van der Waals surface area contributed by atoms with Gasteiger partial charge < -0.3 is 14.4 Å². The van der Waals surface area contributed by atoms with E-state index in [-0.39, 0.29) is 12.0 Å². The SMILES string of the molecule is Cn1ccnc1CC(O)c1ccccc1OC(F)(F)F. The molecule has 0 aliphatic rings. The molecule has 1 aromatic heterocycles. The topological polar surface area (TPSA) is 47.3 Å². The van der Waals surface area contributed by atoms with Crippen molar-refractivity contribution in [2.45, 2.75) is 18.9 Å². The Morgan fingerprint density at radius 1 is 1.35 bits per heavy atom. The van der Waals surface area contributed by atoms with Gasteiger partial charge >= 0.3 is 6.36 Å². The molecule has 7 heteroatoms. The van der Waals surface area contributed by atoms with Gasteiger partial charge in [0.1, 0.15) is 11.6 Å². The summed E-state index contributed by atoms with van der Waals surface area (Å²) < 4.78 is 42.5. The van der Waals surface area contributed by atoms with E-state index in [9.17, 15) is 18.3 Å². The van der Waals surface area contributed by atoms with E-state index in [1.54, 1.807) is 30.1 Å². The number of aryl methyl sites for hydroxylation is 1. The molecular formula is C13H13F3N2O2. The highest BCUT2D eigenvalue weighted by molar-refractivity contribution is 5.35. The van der Waals surface area contributed by atoms with Gasteiger partial charge in [0.05, 0.1) is 6.10 Å². The van der Waals surface area contributed by atoms with Crippen LogP contribution in [-0.2, 0) is 13.5 Å². The molecular weight excluding hydrogens is 273 g/mol. The predicted octanol–water partition coefficient (Wildman–Crippen LogP) is 2.59. The molecule has 0 bridgehead atoms. The van der Waals surface area contributed by atoms with Crippen LogP contribution in [0, 0.1) is 0 Å². The molecule has 0 radical (unpaired) electrons. The van der Waals surface area contributed by atoms with Gasteiger partial charge in [-0.1, -0.05) is 18.2 Å². The second-order valence-corrected chi connectivity index (χ2v) is 4.26. The molecule has 1 atom stereocenters. The van der Waals surface area contributed by atoms with Gasteiger partial charge in [-0.15, -0.1) is 13.2 Å². The number of hydrogen-bond acceptors (Lipinski definition) is 3. The number of hydrogen-bond donors (Lipinski definition) is 1. The first-order valence-electron chi connectivity index (χ1n) is 5.86. The molecule has 2 rings (SSSR count). The predicted molar refractivity (Wildman–Crippen MR) is 65.0 cm³/mol. The fourth-order valence-corrected chi connectivity index (χ4v) is 1.85. The summed E-state index contributed by atoms with van der Waals surface area (Å²) in [5.74, 6) is 0.168. The third-order valence-corrected chi connectivity index (χ3v) is 2.80. The minimum Gasteiger partial charge on any atom is -0.405 e.